The first-order valence-corrected chi connectivity index (χ1v) is 12.0. The maximum atomic E-state index is 13.0. The summed E-state index contributed by atoms with van der Waals surface area (Å²) in [6, 6.07) is 30.6. The van der Waals surface area contributed by atoms with E-state index in [-0.39, 0.29) is 23.9 Å². The molecule has 166 valence electrons. The van der Waals surface area contributed by atoms with Gasteiger partial charge in [-0.1, -0.05) is 105 Å². The molecule has 0 aliphatic heterocycles. The van der Waals surface area contributed by atoms with Crippen LogP contribution in [0.4, 0.5) is 0 Å². The van der Waals surface area contributed by atoms with Crippen LogP contribution in [0.1, 0.15) is 43.4 Å². The molecule has 0 heterocycles. The van der Waals surface area contributed by atoms with Crippen LogP contribution in [0, 0.1) is 11.8 Å². The molecule has 0 aliphatic rings. The van der Waals surface area contributed by atoms with Crippen LogP contribution in [-0.4, -0.2) is 22.6 Å². The molecule has 3 rings (SSSR count). The summed E-state index contributed by atoms with van der Waals surface area (Å²) in [5.41, 5.74) is 3.27. The minimum Gasteiger partial charge on any atom is -0.481 e. The lowest BCUT2D eigenvalue weighted by atomic mass is 9.84. The Morgan fingerprint density at radius 1 is 0.781 bits per heavy atom. The average Bonchev–Trinajstić information content (AvgIpc) is 2.81. The van der Waals surface area contributed by atoms with E-state index in [2.05, 4.69) is 36.4 Å². The van der Waals surface area contributed by atoms with E-state index < -0.39 is 16.6 Å². The second kappa shape index (κ2) is 11.1. The van der Waals surface area contributed by atoms with E-state index in [4.69, 9.17) is 0 Å². The van der Waals surface area contributed by atoms with Crippen molar-refractivity contribution < 1.29 is 14.7 Å². The fourth-order valence-electron chi connectivity index (χ4n) is 4.13. The Bertz CT molecular complexity index is 904. The first-order valence-electron chi connectivity index (χ1n) is 11.0. The first kappa shape index (κ1) is 23.8. The standard InChI is InChI=1S/C28H30O3S/c1-21(2)18-22(27(30)31)19-26(29)20-32-28(23-12-6-3-7-13-23,24-14-8-4-9-15-24)25-16-10-5-11-17-25/h3-17,21-22H,18-20H2,1-2H3,(H,30,31)/t22-/m1/s1. The van der Waals surface area contributed by atoms with Gasteiger partial charge < -0.3 is 5.11 Å². The van der Waals surface area contributed by atoms with Gasteiger partial charge >= 0.3 is 5.97 Å². The highest BCUT2D eigenvalue weighted by molar-refractivity contribution is 8.01. The molecule has 0 amide bonds. The SMILES string of the molecule is CC(C)C[C@H](CC(=O)CSC(c1ccccc1)(c1ccccc1)c1ccccc1)C(=O)O. The summed E-state index contributed by atoms with van der Waals surface area (Å²) in [5.74, 6) is -1.09. The number of rotatable bonds is 11. The third kappa shape index (κ3) is 5.68. The Labute approximate surface area is 194 Å². The molecule has 0 saturated carbocycles. The third-order valence-corrected chi connectivity index (χ3v) is 7.18. The van der Waals surface area contributed by atoms with E-state index in [0.717, 1.165) is 16.7 Å². The van der Waals surface area contributed by atoms with Gasteiger partial charge in [0.15, 0.2) is 0 Å². The van der Waals surface area contributed by atoms with Gasteiger partial charge in [-0.15, -0.1) is 11.8 Å². The zero-order valence-electron chi connectivity index (χ0n) is 18.6. The van der Waals surface area contributed by atoms with Crippen LogP contribution in [0.15, 0.2) is 91.0 Å². The van der Waals surface area contributed by atoms with Gasteiger partial charge in [0.25, 0.3) is 0 Å². The lowest BCUT2D eigenvalue weighted by Gasteiger charge is -2.35. The Balaban J connectivity index is 1.98. The van der Waals surface area contributed by atoms with Crippen molar-refractivity contribution in [2.24, 2.45) is 11.8 Å². The highest BCUT2D eigenvalue weighted by atomic mass is 32.2. The Morgan fingerprint density at radius 2 is 1.19 bits per heavy atom. The summed E-state index contributed by atoms with van der Waals surface area (Å²) in [6.07, 6.45) is 0.571. The highest BCUT2D eigenvalue weighted by Crippen LogP contribution is 2.48. The highest BCUT2D eigenvalue weighted by Gasteiger charge is 2.37. The Hall–Kier alpha value is -2.85. The van der Waals surface area contributed by atoms with Crippen molar-refractivity contribution in [2.75, 3.05) is 5.75 Å². The topological polar surface area (TPSA) is 54.4 Å². The van der Waals surface area contributed by atoms with Crippen LogP contribution in [0.3, 0.4) is 0 Å². The lowest BCUT2D eigenvalue weighted by Crippen LogP contribution is -2.28. The van der Waals surface area contributed by atoms with Crippen LogP contribution in [-0.2, 0) is 14.3 Å². The van der Waals surface area contributed by atoms with Crippen LogP contribution < -0.4 is 0 Å². The normalized spacial score (nSPS) is 12.5. The molecule has 4 heteroatoms. The molecule has 0 unspecified atom stereocenters. The van der Waals surface area contributed by atoms with Crippen molar-refractivity contribution in [3.63, 3.8) is 0 Å². The maximum absolute atomic E-state index is 13.0. The molecule has 0 bridgehead atoms. The molecule has 3 aromatic rings. The lowest BCUT2D eigenvalue weighted by molar-refractivity contribution is -0.144. The number of hydrogen-bond donors (Lipinski definition) is 1. The van der Waals surface area contributed by atoms with Crippen molar-refractivity contribution in [1.82, 2.24) is 0 Å². The summed E-state index contributed by atoms with van der Waals surface area (Å²) in [4.78, 5) is 24.7. The monoisotopic (exact) mass is 446 g/mol. The zero-order valence-corrected chi connectivity index (χ0v) is 19.4. The van der Waals surface area contributed by atoms with Gasteiger partial charge in [0.05, 0.1) is 16.4 Å². The van der Waals surface area contributed by atoms with E-state index in [1.165, 1.54) is 0 Å². The van der Waals surface area contributed by atoms with Crippen LogP contribution >= 0.6 is 11.8 Å². The molecule has 3 nitrogen and oxygen atoms in total. The maximum Gasteiger partial charge on any atom is 0.306 e. The summed E-state index contributed by atoms with van der Waals surface area (Å²) >= 11 is 1.57. The van der Waals surface area contributed by atoms with Crippen molar-refractivity contribution in [2.45, 2.75) is 31.4 Å². The zero-order chi connectivity index (χ0) is 23.0. The van der Waals surface area contributed by atoms with E-state index in [1.54, 1.807) is 11.8 Å². The number of ketones is 1. The molecule has 0 radical (unpaired) electrons. The summed E-state index contributed by atoms with van der Waals surface area (Å²) in [7, 11) is 0. The van der Waals surface area contributed by atoms with E-state index in [1.807, 2.05) is 68.4 Å². The van der Waals surface area contributed by atoms with E-state index in [0.29, 0.717) is 6.42 Å². The number of Topliss-reactive ketones (excluding diaryl/α,β-unsaturated/α-hetero) is 1. The fraction of sp³-hybridized carbons (Fsp3) is 0.286. The van der Waals surface area contributed by atoms with Crippen molar-refractivity contribution in [3.05, 3.63) is 108 Å². The van der Waals surface area contributed by atoms with Crippen LogP contribution in [0.2, 0.25) is 0 Å². The molecule has 0 spiro atoms. The Morgan fingerprint density at radius 3 is 1.53 bits per heavy atom. The molecule has 3 aromatic carbocycles. The number of carbonyl (C=O) groups excluding carboxylic acids is 1. The molecular weight excluding hydrogens is 416 g/mol. The smallest absolute Gasteiger partial charge is 0.306 e. The molecule has 0 aromatic heterocycles. The number of carbonyl (C=O) groups is 2. The van der Waals surface area contributed by atoms with Crippen LogP contribution in [0.25, 0.3) is 0 Å². The molecular formula is C28H30O3S. The van der Waals surface area contributed by atoms with Gasteiger partial charge in [0, 0.05) is 6.42 Å². The van der Waals surface area contributed by atoms with E-state index in [9.17, 15) is 14.7 Å². The van der Waals surface area contributed by atoms with Crippen LogP contribution in [0.5, 0.6) is 0 Å². The van der Waals surface area contributed by atoms with Crippen molar-refractivity contribution in [1.29, 1.82) is 0 Å². The molecule has 1 atom stereocenters. The second-order valence-electron chi connectivity index (χ2n) is 8.48. The molecule has 0 fully saturated rings. The molecule has 32 heavy (non-hydrogen) atoms. The predicted molar refractivity (Wildman–Crippen MR) is 132 cm³/mol. The molecule has 1 N–H and O–H groups in total. The number of aliphatic carboxylic acids is 1. The summed E-state index contributed by atoms with van der Waals surface area (Å²) in [6.45, 7) is 3.97. The summed E-state index contributed by atoms with van der Waals surface area (Å²) in [5, 5.41) is 9.57. The first-order chi connectivity index (χ1) is 15.4. The number of hydrogen-bond acceptors (Lipinski definition) is 3. The number of carboxylic acid groups (broad SMARTS) is 1. The average molecular weight is 447 g/mol. The van der Waals surface area contributed by atoms with Gasteiger partial charge in [0.1, 0.15) is 5.78 Å². The minimum absolute atomic E-state index is 0.0322. The number of thioether (sulfide) groups is 1. The second-order valence-corrected chi connectivity index (χ2v) is 9.67. The fourth-order valence-corrected chi connectivity index (χ4v) is 5.54. The molecule has 0 aliphatic carbocycles. The third-order valence-electron chi connectivity index (χ3n) is 5.57. The van der Waals surface area contributed by atoms with Gasteiger partial charge in [-0.3, -0.25) is 9.59 Å². The van der Waals surface area contributed by atoms with Gasteiger partial charge in [-0.05, 0) is 29.0 Å². The Kier molecular flexibility index (Phi) is 8.29. The minimum atomic E-state index is -0.891. The van der Waals surface area contributed by atoms with E-state index >= 15 is 0 Å². The number of benzene rings is 3. The summed E-state index contributed by atoms with van der Waals surface area (Å²) < 4.78 is -0.573. The van der Waals surface area contributed by atoms with Gasteiger partial charge in [-0.25, -0.2) is 0 Å². The molecule has 0 saturated heterocycles. The number of carboxylic acids is 1. The largest absolute Gasteiger partial charge is 0.481 e. The van der Waals surface area contributed by atoms with Crippen molar-refractivity contribution >= 4 is 23.5 Å². The quantitative estimate of drug-likeness (QED) is 0.345. The van der Waals surface area contributed by atoms with Gasteiger partial charge in [-0.2, -0.15) is 0 Å². The van der Waals surface area contributed by atoms with Crippen molar-refractivity contribution in [3.8, 4) is 0 Å². The van der Waals surface area contributed by atoms with Gasteiger partial charge in [0.2, 0.25) is 0 Å². The predicted octanol–water partition coefficient (Wildman–Crippen LogP) is 6.42.